The number of nitrogens with one attached hydrogen (secondary N) is 2. The van der Waals surface area contributed by atoms with Crippen molar-refractivity contribution in [2.24, 2.45) is 5.92 Å². The normalized spacial score (nSPS) is 18.9. The molecule has 2 N–H and O–H groups in total. The van der Waals surface area contributed by atoms with Crippen molar-refractivity contribution in [3.05, 3.63) is 125 Å². The van der Waals surface area contributed by atoms with Crippen LogP contribution >= 0.6 is 0 Å². The molecule has 30 heavy (non-hydrogen) atoms. The van der Waals surface area contributed by atoms with Gasteiger partial charge in [-0.25, -0.2) is 0 Å². The lowest BCUT2D eigenvalue weighted by atomic mass is 10.0. The van der Waals surface area contributed by atoms with Crippen molar-refractivity contribution in [3.8, 4) is 6.07 Å². The minimum Gasteiger partial charge on any atom is -0.365 e. The molecule has 0 saturated carbocycles. The summed E-state index contributed by atoms with van der Waals surface area (Å²) in [5.74, 6) is 0.255. The molecule has 0 spiro atoms. The van der Waals surface area contributed by atoms with Gasteiger partial charge in [0.1, 0.15) is 6.07 Å². The molecule has 0 fully saturated rings. The fourth-order valence-corrected chi connectivity index (χ4v) is 3.47. The van der Waals surface area contributed by atoms with Crippen LogP contribution in [0.15, 0.2) is 113 Å². The maximum absolute atomic E-state index is 9.71. The molecule has 1 heterocycles. The lowest BCUT2D eigenvalue weighted by molar-refractivity contribution is 0.918. The number of benzene rings is 1. The third kappa shape index (κ3) is 4.79. The van der Waals surface area contributed by atoms with E-state index in [9.17, 15) is 5.26 Å². The molecule has 0 saturated heterocycles. The molecule has 1 aromatic rings. The summed E-state index contributed by atoms with van der Waals surface area (Å²) < 4.78 is 0. The van der Waals surface area contributed by atoms with E-state index in [-0.39, 0.29) is 5.92 Å². The third-order valence-electron chi connectivity index (χ3n) is 5.15. The summed E-state index contributed by atoms with van der Waals surface area (Å²) >= 11 is 0. The highest BCUT2D eigenvalue weighted by Crippen LogP contribution is 2.26. The van der Waals surface area contributed by atoms with E-state index in [0.717, 1.165) is 33.8 Å². The average molecular weight is 394 g/mol. The van der Waals surface area contributed by atoms with Gasteiger partial charge in [0.25, 0.3) is 0 Å². The highest BCUT2D eigenvalue weighted by molar-refractivity contribution is 5.60. The molecule has 3 heteroatoms. The summed E-state index contributed by atoms with van der Waals surface area (Å²) in [5, 5.41) is 16.5. The molecule has 1 aliphatic heterocycles. The number of rotatable bonds is 6. The van der Waals surface area contributed by atoms with Crippen molar-refractivity contribution < 1.29 is 0 Å². The van der Waals surface area contributed by atoms with E-state index >= 15 is 0 Å². The number of hydrogen-bond acceptors (Lipinski definition) is 3. The largest absolute Gasteiger partial charge is 0.365 e. The molecule has 1 atom stereocenters. The maximum atomic E-state index is 9.71. The first-order valence-electron chi connectivity index (χ1n) is 10.0. The van der Waals surface area contributed by atoms with Crippen LogP contribution in [0.3, 0.4) is 0 Å². The standard InChI is InChI=1S/C27H27N3/c1-5-22(11-10-21-9-7-8-19(3)16-21)27(23(6-2)18-28)30-25-12-13-26-24(14-15-29-26)17-20(25)4/h5-17,24,29-30H,2H2,1,3-4H3/b11-10+,22-5-,27-23-. The monoisotopic (exact) mass is 393 g/mol. The van der Waals surface area contributed by atoms with E-state index in [1.54, 1.807) is 6.08 Å². The van der Waals surface area contributed by atoms with Crippen LogP contribution in [0.4, 0.5) is 0 Å². The van der Waals surface area contributed by atoms with Gasteiger partial charge >= 0.3 is 0 Å². The van der Waals surface area contributed by atoms with Gasteiger partial charge in [0.05, 0.1) is 11.3 Å². The summed E-state index contributed by atoms with van der Waals surface area (Å²) in [6, 6.07) is 10.6. The van der Waals surface area contributed by atoms with Crippen molar-refractivity contribution in [3.63, 3.8) is 0 Å². The SMILES string of the molecule is C=C\C(C#N)=C(NC1=CC=C2NC=CC2C=C1C)/C(=C\C)/C=C/c1cccc(C)c1. The van der Waals surface area contributed by atoms with E-state index < -0.39 is 0 Å². The van der Waals surface area contributed by atoms with Crippen LogP contribution < -0.4 is 10.6 Å². The molecule has 1 aliphatic carbocycles. The summed E-state index contributed by atoms with van der Waals surface area (Å²) in [4.78, 5) is 0. The molecular weight excluding hydrogens is 366 g/mol. The number of hydrogen-bond donors (Lipinski definition) is 2. The fraction of sp³-hybridized carbons (Fsp3) is 0.148. The van der Waals surface area contributed by atoms with E-state index in [1.807, 2.05) is 31.3 Å². The summed E-state index contributed by atoms with van der Waals surface area (Å²) in [6.07, 6.45) is 18.1. The summed E-state index contributed by atoms with van der Waals surface area (Å²) in [7, 11) is 0. The predicted octanol–water partition coefficient (Wildman–Crippen LogP) is 5.97. The Kier molecular flexibility index (Phi) is 6.72. The maximum Gasteiger partial charge on any atom is 0.101 e. The third-order valence-corrected chi connectivity index (χ3v) is 5.15. The Balaban J connectivity index is 1.96. The van der Waals surface area contributed by atoms with Crippen molar-refractivity contribution in [1.82, 2.24) is 10.6 Å². The highest BCUT2D eigenvalue weighted by atomic mass is 14.9. The van der Waals surface area contributed by atoms with Gasteiger partial charge < -0.3 is 10.6 Å². The zero-order chi connectivity index (χ0) is 21.5. The topological polar surface area (TPSA) is 47.9 Å². The first-order chi connectivity index (χ1) is 14.5. The van der Waals surface area contributed by atoms with Crippen LogP contribution in [-0.2, 0) is 0 Å². The second-order valence-corrected chi connectivity index (χ2v) is 7.30. The van der Waals surface area contributed by atoms with Gasteiger partial charge in [-0.15, -0.1) is 0 Å². The van der Waals surface area contributed by atoms with Gasteiger partial charge in [0.15, 0.2) is 0 Å². The number of fused-ring (bicyclic) bond motifs is 1. The zero-order valence-electron chi connectivity index (χ0n) is 17.7. The predicted molar refractivity (Wildman–Crippen MR) is 126 cm³/mol. The second kappa shape index (κ2) is 9.62. The lowest BCUT2D eigenvalue weighted by Crippen LogP contribution is -2.17. The molecule has 1 unspecified atom stereocenters. The van der Waals surface area contributed by atoms with E-state index in [0.29, 0.717) is 5.57 Å². The first kappa shape index (κ1) is 21.0. The average Bonchev–Trinajstić information content (AvgIpc) is 3.12. The minimum atomic E-state index is 0.255. The van der Waals surface area contributed by atoms with Crippen LogP contribution in [0, 0.1) is 24.2 Å². The first-order valence-corrected chi connectivity index (χ1v) is 10.0. The Morgan fingerprint density at radius 3 is 2.80 bits per heavy atom. The molecular formula is C27H27N3. The van der Waals surface area contributed by atoms with Crippen molar-refractivity contribution in [2.45, 2.75) is 20.8 Å². The van der Waals surface area contributed by atoms with Crippen LogP contribution in [0.25, 0.3) is 6.08 Å². The number of aryl methyl sites for hydroxylation is 1. The summed E-state index contributed by atoms with van der Waals surface area (Å²) in [6.45, 7) is 9.97. The fourth-order valence-electron chi connectivity index (χ4n) is 3.47. The Bertz CT molecular complexity index is 1100. The molecule has 150 valence electrons. The van der Waals surface area contributed by atoms with Crippen LogP contribution in [-0.4, -0.2) is 0 Å². The van der Waals surface area contributed by atoms with Gasteiger partial charge in [-0.1, -0.05) is 66.8 Å². The van der Waals surface area contributed by atoms with Gasteiger partial charge in [-0.3, -0.25) is 0 Å². The molecule has 2 aliphatic rings. The van der Waals surface area contributed by atoms with Gasteiger partial charge in [-0.2, -0.15) is 5.26 Å². The zero-order valence-corrected chi connectivity index (χ0v) is 17.7. The molecule has 0 aromatic heterocycles. The van der Waals surface area contributed by atoms with Gasteiger partial charge in [0, 0.05) is 17.3 Å². The molecule has 0 bridgehead atoms. The molecule has 3 rings (SSSR count). The molecule has 3 nitrogen and oxygen atoms in total. The smallest absolute Gasteiger partial charge is 0.101 e. The Labute approximate surface area is 179 Å². The summed E-state index contributed by atoms with van der Waals surface area (Å²) in [5.41, 5.74) is 7.72. The number of nitriles is 1. The van der Waals surface area contributed by atoms with E-state index in [2.05, 4.69) is 85.7 Å². The van der Waals surface area contributed by atoms with Crippen molar-refractivity contribution >= 4 is 6.08 Å². The Morgan fingerprint density at radius 1 is 1.27 bits per heavy atom. The van der Waals surface area contributed by atoms with Crippen LogP contribution in [0.5, 0.6) is 0 Å². The van der Waals surface area contributed by atoms with Gasteiger partial charge in [0.2, 0.25) is 0 Å². The lowest BCUT2D eigenvalue weighted by Gasteiger charge is -2.17. The molecule has 0 amide bonds. The number of allylic oxidation sites excluding steroid dienone is 8. The number of nitrogens with zero attached hydrogens (tertiary/aromatic N) is 1. The molecule has 0 radical (unpaired) electrons. The van der Waals surface area contributed by atoms with E-state index in [4.69, 9.17) is 0 Å². The highest BCUT2D eigenvalue weighted by Gasteiger charge is 2.18. The second-order valence-electron chi connectivity index (χ2n) is 7.30. The minimum absolute atomic E-state index is 0.255. The molecule has 1 aromatic carbocycles. The van der Waals surface area contributed by atoms with E-state index in [1.165, 1.54) is 5.56 Å². The Hall–Kier alpha value is -3.77. The van der Waals surface area contributed by atoms with Crippen LogP contribution in [0.1, 0.15) is 25.0 Å². The van der Waals surface area contributed by atoms with Crippen molar-refractivity contribution in [2.75, 3.05) is 0 Å². The Morgan fingerprint density at radius 2 is 2.10 bits per heavy atom. The quantitative estimate of drug-likeness (QED) is 0.462. The van der Waals surface area contributed by atoms with Gasteiger partial charge in [-0.05, 0) is 61.9 Å². The van der Waals surface area contributed by atoms with Crippen molar-refractivity contribution in [1.29, 1.82) is 5.26 Å². The van der Waals surface area contributed by atoms with Crippen LogP contribution in [0.2, 0.25) is 0 Å².